The third-order valence-electron chi connectivity index (χ3n) is 2.54. The minimum atomic E-state index is -0.0177. The van der Waals surface area contributed by atoms with Gasteiger partial charge in [0.1, 0.15) is 17.6 Å². The van der Waals surface area contributed by atoms with Crippen LogP contribution in [0.2, 0.25) is 0 Å². The highest BCUT2D eigenvalue weighted by Gasteiger charge is 2.07. The molecule has 0 heterocycles. The molecule has 2 aromatic rings. The third kappa shape index (κ3) is 2.06. The maximum absolute atomic E-state index is 9.65. The summed E-state index contributed by atoms with van der Waals surface area (Å²) in [5.74, 6) is 0.715. The van der Waals surface area contributed by atoms with Gasteiger partial charge in [-0.25, -0.2) is 0 Å². The Morgan fingerprint density at radius 3 is 2.59 bits per heavy atom. The van der Waals surface area contributed by atoms with Crippen molar-refractivity contribution in [3.8, 4) is 28.7 Å². The molecule has 0 amide bonds. The number of methoxy groups -OCH3 is 1. The van der Waals surface area contributed by atoms with Gasteiger partial charge in [0.05, 0.1) is 12.7 Å². The van der Waals surface area contributed by atoms with Crippen LogP contribution in [-0.4, -0.2) is 12.2 Å². The second-order valence-electron chi connectivity index (χ2n) is 3.54. The summed E-state index contributed by atoms with van der Waals surface area (Å²) >= 11 is 0. The Balaban J connectivity index is 2.54. The zero-order chi connectivity index (χ0) is 12.3. The van der Waals surface area contributed by atoms with E-state index in [0.29, 0.717) is 0 Å². The van der Waals surface area contributed by atoms with E-state index in [9.17, 15) is 5.11 Å². The Labute approximate surface area is 99.5 Å². The van der Waals surface area contributed by atoms with E-state index in [1.54, 1.807) is 25.3 Å². The topological polar surface area (TPSA) is 53.2 Å². The molecule has 0 atom stereocenters. The van der Waals surface area contributed by atoms with Crippen LogP contribution in [0.3, 0.4) is 0 Å². The minimum absolute atomic E-state index is 0.0177. The number of phenols is 1. The Morgan fingerprint density at radius 2 is 1.94 bits per heavy atom. The fourth-order valence-electron chi connectivity index (χ4n) is 1.68. The summed E-state index contributed by atoms with van der Waals surface area (Å²) in [4.78, 5) is 0. The van der Waals surface area contributed by atoms with E-state index in [-0.39, 0.29) is 11.3 Å². The van der Waals surface area contributed by atoms with Crippen LogP contribution in [0.25, 0.3) is 11.1 Å². The Morgan fingerprint density at radius 1 is 1.18 bits per heavy atom. The number of para-hydroxylation sites is 1. The van der Waals surface area contributed by atoms with Gasteiger partial charge < -0.3 is 9.84 Å². The standard InChI is InChI=1S/C14H11NO2/c1-17-14-5-3-2-4-12(14)10-6-7-11(9-15)13(16)8-10/h2-8,16H,1H3. The van der Waals surface area contributed by atoms with Crippen molar-refractivity contribution in [1.29, 1.82) is 5.26 Å². The number of ether oxygens (including phenoxy) is 1. The van der Waals surface area contributed by atoms with E-state index < -0.39 is 0 Å². The molecule has 0 bridgehead atoms. The van der Waals surface area contributed by atoms with E-state index in [4.69, 9.17) is 10.00 Å². The Hall–Kier alpha value is -2.47. The molecule has 2 aromatic carbocycles. The van der Waals surface area contributed by atoms with Crippen LogP contribution in [0.5, 0.6) is 11.5 Å². The first-order chi connectivity index (χ1) is 8.26. The normalized spacial score (nSPS) is 9.65. The molecule has 0 radical (unpaired) electrons. The van der Waals surface area contributed by atoms with Crippen molar-refractivity contribution < 1.29 is 9.84 Å². The first-order valence-corrected chi connectivity index (χ1v) is 5.12. The molecule has 0 spiro atoms. The van der Waals surface area contributed by atoms with Crippen LogP contribution in [0.4, 0.5) is 0 Å². The van der Waals surface area contributed by atoms with Crippen LogP contribution >= 0.6 is 0 Å². The molecule has 84 valence electrons. The van der Waals surface area contributed by atoms with E-state index in [0.717, 1.165) is 16.9 Å². The van der Waals surface area contributed by atoms with Gasteiger partial charge in [-0.3, -0.25) is 0 Å². The molecule has 17 heavy (non-hydrogen) atoms. The van der Waals surface area contributed by atoms with Crippen LogP contribution in [0.1, 0.15) is 5.56 Å². The Bertz CT molecular complexity index is 585. The van der Waals surface area contributed by atoms with Crippen LogP contribution in [0, 0.1) is 11.3 Å². The lowest BCUT2D eigenvalue weighted by molar-refractivity contribution is 0.416. The first-order valence-electron chi connectivity index (χ1n) is 5.12. The molecule has 3 nitrogen and oxygen atoms in total. The molecule has 0 aromatic heterocycles. The molecular formula is C14H11NO2. The highest BCUT2D eigenvalue weighted by molar-refractivity contribution is 5.72. The lowest BCUT2D eigenvalue weighted by Crippen LogP contribution is -1.87. The molecule has 0 saturated carbocycles. The van der Waals surface area contributed by atoms with Gasteiger partial charge in [-0.2, -0.15) is 5.26 Å². The number of hydrogen-bond donors (Lipinski definition) is 1. The second-order valence-corrected chi connectivity index (χ2v) is 3.54. The quantitative estimate of drug-likeness (QED) is 0.854. The van der Waals surface area contributed by atoms with Crippen LogP contribution in [0.15, 0.2) is 42.5 Å². The molecule has 0 aliphatic carbocycles. The van der Waals surface area contributed by atoms with E-state index in [1.807, 2.05) is 30.3 Å². The first kappa shape index (κ1) is 11.0. The molecular weight excluding hydrogens is 214 g/mol. The predicted octanol–water partition coefficient (Wildman–Crippen LogP) is 2.94. The lowest BCUT2D eigenvalue weighted by Gasteiger charge is -2.08. The monoisotopic (exact) mass is 225 g/mol. The van der Waals surface area contributed by atoms with Gasteiger partial charge in [-0.1, -0.05) is 24.3 Å². The van der Waals surface area contributed by atoms with Crippen molar-refractivity contribution in [2.75, 3.05) is 7.11 Å². The van der Waals surface area contributed by atoms with Gasteiger partial charge in [0.2, 0.25) is 0 Å². The van der Waals surface area contributed by atoms with Crippen molar-refractivity contribution in [3.05, 3.63) is 48.0 Å². The number of hydrogen-bond acceptors (Lipinski definition) is 3. The van der Waals surface area contributed by atoms with Crippen molar-refractivity contribution in [1.82, 2.24) is 0 Å². The summed E-state index contributed by atoms with van der Waals surface area (Å²) in [5, 5.41) is 18.4. The Kier molecular flexibility index (Phi) is 2.97. The summed E-state index contributed by atoms with van der Waals surface area (Å²) in [7, 11) is 1.60. The zero-order valence-corrected chi connectivity index (χ0v) is 9.34. The zero-order valence-electron chi connectivity index (χ0n) is 9.34. The lowest BCUT2D eigenvalue weighted by atomic mass is 10.0. The SMILES string of the molecule is COc1ccccc1-c1ccc(C#N)c(O)c1. The molecule has 0 aliphatic rings. The smallest absolute Gasteiger partial charge is 0.133 e. The highest BCUT2D eigenvalue weighted by Crippen LogP contribution is 2.32. The van der Waals surface area contributed by atoms with E-state index >= 15 is 0 Å². The third-order valence-corrected chi connectivity index (χ3v) is 2.54. The fraction of sp³-hybridized carbons (Fsp3) is 0.0714. The van der Waals surface area contributed by atoms with Crippen LogP contribution in [-0.2, 0) is 0 Å². The minimum Gasteiger partial charge on any atom is -0.507 e. The summed E-state index contributed by atoms with van der Waals surface area (Å²) in [6.45, 7) is 0. The largest absolute Gasteiger partial charge is 0.507 e. The number of nitrogens with zero attached hydrogens (tertiary/aromatic N) is 1. The summed E-state index contributed by atoms with van der Waals surface area (Å²) in [5.41, 5.74) is 1.97. The average Bonchev–Trinajstić information content (AvgIpc) is 2.38. The van der Waals surface area contributed by atoms with Gasteiger partial charge in [0.15, 0.2) is 0 Å². The van der Waals surface area contributed by atoms with Crippen molar-refractivity contribution in [2.24, 2.45) is 0 Å². The van der Waals surface area contributed by atoms with Crippen LogP contribution < -0.4 is 4.74 Å². The molecule has 2 rings (SSSR count). The molecule has 0 fully saturated rings. The maximum atomic E-state index is 9.65. The van der Waals surface area contributed by atoms with Gasteiger partial charge in [-0.05, 0) is 23.8 Å². The van der Waals surface area contributed by atoms with Crippen molar-refractivity contribution >= 4 is 0 Å². The second kappa shape index (κ2) is 4.58. The molecule has 0 aliphatic heterocycles. The van der Waals surface area contributed by atoms with E-state index in [2.05, 4.69) is 0 Å². The number of nitriles is 1. The molecule has 3 heteroatoms. The molecule has 1 N–H and O–H groups in total. The van der Waals surface area contributed by atoms with Crippen molar-refractivity contribution in [3.63, 3.8) is 0 Å². The van der Waals surface area contributed by atoms with E-state index in [1.165, 1.54) is 0 Å². The number of aromatic hydroxyl groups is 1. The summed E-state index contributed by atoms with van der Waals surface area (Å²) in [6, 6.07) is 14.4. The number of phenolic OH excluding ortho intramolecular Hbond substituents is 1. The highest BCUT2D eigenvalue weighted by atomic mass is 16.5. The van der Waals surface area contributed by atoms with Gasteiger partial charge in [0.25, 0.3) is 0 Å². The van der Waals surface area contributed by atoms with Gasteiger partial charge in [0, 0.05) is 5.56 Å². The van der Waals surface area contributed by atoms with Gasteiger partial charge >= 0.3 is 0 Å². The molecule has 0 saturated heterocycles. The number of benzene rings is 2. The molecule has 0 unspecified atom stereocenters. The summed E-state index contributed by atoms with van der Waals surface area (Å²) in [6.07, 6.45) is 0. The maximum Gasteiger partial charge on any atom is 0.133 e. The van der Waals surface area contributed by atoms with Crippen molar-refractivity contribution in [2.45, 2.75) is 0 Å². The van der Waals surface area contributed by atoms with Gasteiger partial charge in [-0.15, -0.1) is 0 Å². The predicted molar refractivity (Wildman–Crippen MR) is 64.8 cm³/mol. The fourth-order valence-corrected chi connectivity index (χ4v) is 1.68. The average molecular weight is 225 g/mol. The number of rotatable bonds is 2. The summed E-state index contributed by atoms with van der Waals surface area (Å²) < 4.78 is 5.25.